The van der Waals surface area contributed by atoms with Crippen LogP contribution in [-0.4, -0.2) is 31.9 Å². The van der Waals surface area contributed by atoms with E-state index in [2.05, 4.69) is 27.4 Å². The lowest BCUT2D eigenvalue weighted by Crippen LogP contribution is -2.29. The Morgan fingerprint density at radius 2 is 1.76 bits per heavy atom. The number of hydrogen-bond donors (Lipinski definition) is 2. The third-order valence-electron chi connectivity index (χ3n) is 5.82. The Balaban J connectivity index is 1.84. The van der Waals surface area contributed by atoms with E-state index in [0.29, 0.717) is 23.7 Å². The van der Waals surface area contributed by atoms with Crippen LogP contribution in [0.3, 0.4) is 0 Å². The van der Waals surface area contributed by atoms with E-state index in [4.69, 9.17) is 4.74 Å². The lowest BCUT2D eigenvalue weighted by atomic mass is 10.1. The van der Waals surface area contributed by atoms with Gasteiger partial charge >= 0.3 is 5.69 Å². The topological polar surface area (TPSA) is 106 Å². The number of benzene rings is 1. The summed E-state index contributed by atoms with van der Waals surface area (Å²) in [6, 6.07) is 7.60. The molecule has 0 saturated heterocycles. The molecular weight excluding hydrogens is 420 g/mol. The largest absolute Gasteiger partial charge is 0.497 e. The van der Waals surface area contributed by atoms with Gasteiger partial charge in [0.1, 0.15) is 5.75 Å². The highest BCUT2D eigenvalue weighted by Gasteiger charge is 2.17. The van der Waals surface area contributed by atoms with Crippen LogP contribution < -0.4 is 21.4 Å². The van der Waals surface area contributed by atoms with Gasteiger partial charge < -0.3 is 9.30 Å². The van der Waals surface area contributed by atoms with E-state index >= 15 is 0 Å². The van der Waals surface area contributed by atoms with Crippen LogP contribution in [0.5, 0.6) is 5.75 Å². The van der Waals surface area contributed by atoms with Gasteiger partial charge in [-0.2, -0.15) is 10.1 Å². The van der Waals surface area contributed by atoms with Crippen molar-refractivity contribution in [3.8, 4) is 5.75 Å². The Bertz CT molecular complexity index is 1200. The van der Waals surface area contributed by atoms with Crippen molar-refractivity contribution in [2.45, 2.75) is 65.3 Å². The molecule has 9 nitrogen and oxygen atoms in total. The number of ether oxygens (including phenoxy) is 1. The fourth-order valence-corrected chi connectivity index (χ4v) is 3.80. The number of fused-ring (bicyclic) bond motifs is 1. The number of rotatable bonds is 12. The zero-order valence-corrected chi connectivity index (χ0v) is 20.0. The molecule has 3 aromatic rings. The van der Waals surface area contributed by atoms with Gasteiger partial charge in [-0.05, 0) is 43.2 Å². The number of H-pyrrole nitrogens is 1. The predicted molar refractivity (Wildman–Crippen MR) is 132 cm³/mol. The molecular formula is C24H34N6O3. The second-order valence-corrected chi connectivity index (χ2v) is 8.24. The second-order valence-electron chi connectivity index (χ2n) is 8.24. The van der Waals surface area contributed by atoms with Gasteiger partial charge in [0.2, 0.25) is 5.95 Å². The number of aromatic amines is 1. The van der Waals surface area contributed by atoms with Crippen LogP contribution >= 0.6 is 0 Å². The third-order valence-corrected chi connectivity index (χ3v) is 5.82. The molecule has 33 heavy (non-hydrogen) atoms. The zero-order chi connectivity index (χ0) is 23.8. The fraction of sp³-hybridized carbons (Fsp3) is 0.500. The highest BCUT2D eigenvalue weighted by molar-refractivity contribution is 5.99. The monoisotopic (exact) mass is 454 g/mol. The molecule has 178 valence electrons. The van der Waals surface area contributed by atoms with Crippen molar-refractivity contribution in [1.82, 2.24) is 19.1 Å². The van der Waals surface area contributed by atoms with Crippen LogP contribution in [0.15, 0.2) is 39.0 Å². The normalized spacial score (nSPS) is 11.8. The quantitative estimate of drug-likeness (QED) is 0.244. The summed E-state index contributed by atoms with van der Waals surface area (Å²) in [6.07, 6.45) is 8.14. The molecule has 0 spiro atoms. The van der Waals surface area contributed by atoms with Crippen LogP contribution in [0.25, 0.3) is 11.2 Å². The molecule has 0 unspecified atom stereocenters. The van der Waals surface area contributed by atoms with Crippen molar-refractivity contribution in [2.24, 2.45) is 12.1 Å². The highest BCUT2D eigenvalue weighted by Crippen LogP contribution is 2.18. The number of aryl methyl sites for hydroxylation is 2. The molecule has 2 N–H and O–H groups in total. The first kappa shape index (κ1) is 24.3. The maximum absolute atomic E-state index is 12.6. The van der Waals surface area contributed by atoms with Gasteiger partial charge in [-0.3, -0.25) is 14.3 Å². The summed E-state index contributed by atoms with van der Waals surface area (Å²) in [6.45, 7) is 4.72. The molecule has 2 aromatic heterocycles. The SMILES string of the molecule is CCCCCCCCCn1c(N/N=C(/C)c2ccc(OC)cc2)nc2c1c(=O)[nH]c(=O)n2C. The number of methoxy groups -OCH3 is 1. The Morgan fingerprint density at radius 1 is 1.09 bits per heavy atom. The summed E-state index contributed by atoms with van der Waals surface area (Å²) < 4.78 is 8.38. The summed E-state index contributed by atoms with van der Waals surface area (Å²) in [5, 5.41) is 4.48. The Labute approximate surface area is 193 Å². The third kappa shape index (κ3) is 5.91. The molecule has 9 heteroatoms. The summed E-state index contributed by atoms with van der Waals surface area (Å²) in [5.74, 6) is 1.21. The summed E-state index contributed by atoms with van der Waals surface area (Å²) in [5.41, 5.74) is 4.50. The maximum Gasteiger partial charge on any atom is 0.329 e. The fourth-order valence-electron chi connectivity index (χ4n) is 3.80. The summed E-state index contributed by atoms with van der Waals surface area (Å²) >= 11 is 0. The number of imidazole rings is 1. The lowest BCUT2D eigenvalue weighted by molar-refractivity contribution is 0.415. The minimum absolute atomic E-state index is 0.339. The Kier molecular flexibility index (Phi) is 8.46. The van der Waals surface area contributed by atoms with Gasteiger partial charge in [0.15, 0.2) is 11.2 Å². The molecule has 0 atom stereocenters. The minimum atomic E-state index is -0.488. The van der Waals surface area contributed by atoms with Gasteiger partial charge in [0, 0.05) is 13.6 Å². The maximum atomic E-state index is 12.6. The van der Waals surface area contributed by atoms with E-state index in [0.717, 1.165) is 29.9 Å². The second kappa shape index (κ2) is 11.5. The van der Waals surface area contributed by atoms with Crippen molar-refractivity contribution in [1.29, 1.82) is 0 Å². The average molecular weight is 455 g/mol. The molecule has 0 radical (unpaired) electrons. The van der Waals surface area contributed by atoms with Gasteiger partial charge in [0.25, 0.3) is 5.56 Å². The standard InChI is InChI=1S/C24H34N6O3/c1-5-6-7-8-9-10-11-16-30-20-21(29(3)24(32)26-22(20)31)25-23(30)28-27-17(2)18-12-14-19(33-4)15-13-18/h12-15H,5-11,16H2,1-4H3,(H,25,28)(H,26,31,32)/b27-17-. The molecule has 1 aromatic carbocycles. The van der Waals surface area contributed by atoms with E-state index in [1.165, 1.54) is 36.7 Å². The first-order valence-corrected chi connectivity index (χ1v) is 11.6. The molecule has 3 rings (SSSR count). The van der Waals surface area contributed by atoms with E-state index in [1.54, 1.807) is 14.2 Å². The number of hydrazone groups is 1. The molecule has 0 aliphatic rings. The van der Waals surface area contributed by atoms with Crippen LogP contribution in [0.4, 0.5) is 5.95 Å². The first-order valence-electron chi connectivity index (χ1n) is 11.6. The number of anilines is 1. The molecule has 0 aliphatic carbocycles. The lowest BCUT2D eigenvalue weighted by Gasteiger charge is -2.09. The van der Waals surface area contributed by atoms with Crippen molar-refractivity contribution in [2.75, 3.05) is 12.5 Å². The predicted octanol–water partition coefficient (Wildman–Crippen LogP) is 4.02. The molecule has 0 fully saturated rings. The van der Waals surface area contributed by atoms with Gasteiger partial charge in [-0.15, -0.1) is 0 Å². The van der Waals surface area contributed by atoms with Crippen LogP contribution in [-0.2, 0) is 13.6 Å². The summed E-state index contributed by atoms with van der Waals surface area (Å²) in [4.78, 5) is 31.6. The minimum Gasteiger partial charge on any atom is -0.497 e. The molecule has 0 bridgehead atoms. The van der Waals surface area contributed by atoms with E-state index < -0.39 is 11.2 Å². The van der Waals surface area contributed by atoms with E-state index in [1.807, 2.05) is 35.8 Å². The van der Waals surface area contributed by atoms with Crippen LogP contribution in [0.2, 0.25) is 0 Å². The van der Waals surface area contributed by atoms with E-state index in [-0.39, 0.29) is 0 Å². The van der Waals surface area contributed by atoms with Gasteiger partial charge in [-0.1, -0.05) is 45.4 Å². The van der Waals surface area contributed by atoms with Crippen LogP contribution in [0.1, 0.15) is 64.4 Å². The number of nitrogens with one attached hydrogen (secondary N) is 2. The molecule has 0 amide bonds. The number of nitrogens with zero attached hydrogens (tertiary/aromatic N) is 4. The van der Waals surface area contributed by atoms with Crippen molar-refractivity contribution >= 4 is 22.8 Å². The average Bonchev–Trinajstić information content (AvgIpc) is 3.19. The van der Waals surface area contributed by atoms with E-state index in [9.17, 15) is 9.59 Å². The smallest absolute Gasteiger partial charge is 0.329 e. The number of unbranched alkanes of at least 4 members (excludes halogenated alkanes) is 6. The van der Waals surface area contributed by atoms with Crippen molar-refractivity contribution < 1.29 is 4.74 Å². The number of aromatic nitrogens is 4. The zero-order valence-electron chi connectivity index (χ0n) is 20.0. The van der Waals surface area contributed by atoms with Crippen molar-refractivity contribution in [3.63, 3.8) is 0 Å². The highest BCUT2D eigenvalue weighted by atomic mass is 16.5. The number of hydrogen-bond acceptors (Lipinski definition) is 6. The van der Waals surface area contributed by atoms with Crippen molar-refractivity contribution in [3.05, 3.63) is 50.7 Å². The summed E-state index contributed by atoms with van der Waals surface area (Å²) in [7, 11) is 3.23. The van der Waals surface area contributed by atoms with Gasteiger partial charge in [0.05, 0.1) is 12.8 Å². The Hall–Kier alpha value is -3.36. The van der Waals surface area contributed by atoms with Crippen LogP contribution in [0, 0.1) is 0 Å². The van der Waals surface area contributed by atoms with Gasteiger partial charge in [-0.25, -0.2) is 10.2 Å². The molecule has 2 heterocycles. The first-order chi connectivity index (χ1) is 16.0. The Morgan fingerprint density at radius 3 is 2.42 bits per heavy atom. The molecule has 0 aliphatic heterocycles. The molecule has 0 saturated carbocycles.